The summed E-state index contributed by atoms with van der Waals surface area (Å²) >= 11 is 0. The van der Waals surface area contributed by atoms with Crippen molar-refractivity contribution in [1.29, 1.82) is 0 Å². The molecule has 1 heterocycles. The van der Waals surface area contributed by atoms with Crippen LogP contribution in [0.5, 0.6) is 0 Å². The highest BCUT2D eigenvalue weighted by Crippen LogP contribution is 2.21. The molecular formula is C14H15N3O. The highest BCUT2D eigenvalue weighted by molar-refractivity contribution is 6.06. The predicted molar refractivity (Wildman–Crippen MR) is 71.3 cm³/mol. The van der Waals surface area contributed by atoms with Gasteiger partial charge in [0.2, 0.25) is 0 Å². The third-order valence-electron chi connectivity index (χ3n) is 2.73. The maximum atomic E-state index is 12.0. The number of hydrogen-bond donors (Lipinski definition) is 1. The molecule has 2 aromatic rings. The van der Waals surface area contributed by atoms with Crippen molar-refractivity contribution in [2.45, 2.75) is 19.9 Å². The van der Waals surface area contributed by atoms with Crippen LogP contribution in [0.3, 0.4) is 0 Å². The topological polar surface area (TPSA) is 46.9 Å². The first-order valence-electron chi connectivity index (χ1n) is 5.83. The smallest absolute Gasteiger partial charge is 0.252 e. The number of fused-ring (bicyclic) bond motifs is 1. The van der Waals surface area contributed by atoms with Crippen LogP contribution in [0.1, 0.15) is 30.2 Å². The van der Waals surface area contributed by atoms with Crippen LogP contribution >= 0.6 is 0 Å². The number of hydrogen-bond acceptors (Lipinski definition) is 2. The van der Waals surface area contributed by atoms with Crippen LogP contribution in [0.15, 0.2) is 24.4 Å². The summed E-state index contributed by atoms with van der Waals surface area (Å²) in [6.45, 7) is 4.34. The van der Waals surface area contributed by atoms with Gasteiger partial charge in [-0.05, 0) is 26.0 Å². The molecule has 0 fully saturated rings. The van der Waals surface area contributed by atoms with Crippen molar-refractivity contribution in [3.05, 3.63) is 30.0 Å². The predicted octanol–water partition coefficient (Wildman–Crippen LogP) is 1.98. The molecule has 0 atom stereocenters. The molecule has 0 unspecified atom stereocenters. The molecule has 0 saturated heterocycles. The van der Waals surface area contributed by atoms with Gasteiger partial charge in [-0.3, -0.25) is 9.48 Å². The molecule has 1 aromatic heterocycles. The molecule has 18 heavy (non-hydrogen) atoms. The maximum absolute atomic E-state index is 12.0. The van der Waals surface area contributed by atoms with Gasteiger partial charge in [-0.1, -0.05) is 12.0 Å². The number of aromatic nitrogens is 2. The van der Waals surface area contributed by atoms with E-state index in [0.29, 0.717) is 5.56 Å². The molecule has 0 aliphatic carbocycles. The summed E-state index contributed by atoms with van der Waals surface area (Å²) in [5.41, 5.74) is 1.56. The first-order valence-corrected chi connectivity index (χ1v) is 5.83. The molecule has 0 saturated carbocycles. The molecule has 4 heteroatoms. The zero-order chi connectivity index (χ0) is 13.1. The summed E-state index contributed by atoms with van der Waals surface area (Å²) in [6, 6.07) is 5.85. The summed E-state index contributed by atoms with van der Waals surface area (Å²) in [5.74, 6) is 2.22. The molecule has 1 aromatic carbocycles. The lowest BCUT2D eigenvalue weighted by Gasteiger charge is -2.08. The average Bonchev–Trinajstić information content (AvgIpc) is 2.79. The second-order valence-electron chi connectivity index (χ2n) is 4.31. The summed E-state index contributed by atoms with van der Waals surface area (Å²) in [7, 11) is 0. The number of nitrogens with one attached hydrogen (secondary N) is 1. The Labute approximate surface area is 106 Å². The monoisotopic (exact) mass is 241 g/mol. The number of carbonyl (C=O) groups is 1. The van der Waals surface area contributed by atoms with Gasteiger partial charge in [-0.2, -0.15) is 5.10 Å². The molecule has 2 rings (SSSR count). The van der Waals surface area contributed by atoms with Crippen molar-refractivity contribution >= 4 is 16.8 Å². The fourth-order valence-electron chi connectivity index (χ4n) is 1.91. The Morgan fingerprint density at radius 2 is 2.33 bits per heavy atom. The molecule has 0 aliphatic heterocycles. The van der Waals surface area contributed by atoms with E-state index < -0.39 is 0 Å². The number of rotatable bonds is 3. The van der Waals surface area contributed by atoms with Gasteiger partial charge in [0.15, 0.2) is 0 Å². The van der Waals surface area contributed by atoms with Gasteiger partial charge in [-0.25, -0.2) is 0 Å². The van der Waals surface area contributed by atoms with Crippen molar-refractivity contribution < 1.29 is 4.79 Å². The second-order valence-corrected chi connectivity index (χ2v) is 4.31. The second kappa shape index (κ2) is 4.92. The molecule has 0 radical (unpaired) electrons. The van der Waals surface area contributed by atoms with Crippen molar-refractivity contribution in [2.24, 2.45) is 0 Å². The first-order chi connectivity index (χ1) is 8.65. The number of carbonyl (C=O) groups excluding carboxylic acids is 1. The molecule has 0 bridgehead atoms. The minimum atomic E-state index is -0.165. The Balaban J connectivity index is 2.47. The van der Waals surface area contributed by atoms with Crippen molar-refractivity contribution in [3.63, 3.8) is 0 Å². The van der Waals surface area contributed by atoms with Gasteiger partial charge in [0.05, 0.1) is 23.8 Å². The lowest BCUT2D eigenvalue weighted by atomic mass is 10.1. The van der Waals surface area contributed by atoms with E-state index in [1.807, 2.05) is 16.8 Å². The minimum Gasteiger partial charge on any atom is -0.341 e. The average molecular weight is 241 g/mol. The van der Waals surface area contributed by atoms with Gasteiger partial charge in [0.1, 0.15) is 0 Å². The molecule has 92 valence electrons. The molecule has 0 aliphatic rings. The molecule has 0 spiro atoms. The Morgan fingerprint density at radius 1 is 1.56 bits per heavy atom. The lowest BCUT2D eigenvalue weighted by molar-refractivity contribution is 0.0960. The van der Waals surface area contributed by atoms with Gasteiger partial charge in [0, 0.05) is 11.4 Å². The number of amides is 1. The van der Waals surface area contributed by atoms with Crippen LogP contribution in [-0.2, 0) is 0 Å². The van der Waals surface area contributed by atoms with Crippen molar-refractivity contribution in [3.8, 4) is 12.3 Å². The van der Waals surface area contributed by atoms with E-state index in [2.05, 4.69) is 30.2 Å². The number of benzene rings is 1. The SMILES string of the molecule is C#CCNC(=O)c1cccc2c1cnn2C(C)C. The van der Waals surface area contributed by atoms with Crippen LogP contribution in [0.4, 0.5) is 0 Å². The van der Waals surface area contributed by atoms with Gasteiger partial charge >= 0.3 is 0 Å². The highest BCUT2D eigenvalue weighted by Gasteiger charge is 2.13. The van der Waals surface area contributed by atoms with E-state index in [0.717, 1.165) is 10.9 Å². The third kappa shape index (κ3) is 2.07. The van der Waals surface area contributed by atoms with Gasteiger partial charge < -0.3 is 5.32 Å². The lowest BCUT2D eigenvalue weighted by Crippen LogP contribution is -2.23. The standard InChI is InChI=1S/C14H15N3O/c1-4-8-15-14(18)11-6-5-7-13-12(11)9-16-17(13)10(2)3/h1,5-7,9-10H,8H2,2-3H3,(H,15,18). The zero-order valence-corrected chi connectivity index (χ0v) is 10.5. The van der Waals surface area contributed by atoms with Crippen LogP contribution < -0.4 is 5.32 Å². The largest absolute Gasteiger partial charge is 0.341 e. The van der Waals surface area contributed by atoms with E-state index in [-0.39, 0.29) is 18.5 Å². The van der Waals surface area contributed by atoms with E-state index in [9.17, 15) is 4.79 Å². The van der Waals surface area contributed by atoms with E-state index >= 15 is 0 Å². The fraction of sp³-hybridized carbons (Fsp3) is 0.286. The van der Waals surface area contributed by atoms with Crippen LogP contribution in [0.25, 0.3) is 10.9 Å². The van der Waals surface area contributed by atoms with Gasteiger partial charge in [-0.15, -0.1) is 6.42 Å². The highest BCUT2D eigenvalue weighted by atomic mass is 16.1. The fourth-order valence-corrected chi connectivity index (χ4v) is 1.91. The minimum absolute atomic E-state index is 0.165. The normalized spacial score (nSPS) is 10.6. The van der Waals surface area contributed by atoms with Crippen LogP contribution in [0.2, 0.25) is 0 Å². The van der Waals surface area contributed by atoms with Crippen LogP contribution in [-0.4, -0.2) is 22.2 Å². The maximum Gasteiger partial charge on any atom is 0.252 e. The summed E-state index contributed by atoms with van der Waals surface area (Å²) in [6.07, 6.45) is 6.85. The summed E-state index contributed by atoms with van der Waals surface area (Å²) < 4.78 is 1.90. The zero-order valence-electron chi connectivity index (χ0n) is 10.5. The number of nitrogens with zero attached hydrogens (tertiary/aromatic N) is 2. The Kier molecular flexibility index (Phi) is 3.33. The summed E-state index contributed by atoms with van der Waals surface area (Å²) in [4.78, 5) is 12.0. The van der Waals surface area contributed by atoms with Crippen molar-refractivity contribution in [2.75, 3.05) is 6.54 Å². The molecular weight excluding hydrogens is 226 g/mol. The molecule has 1 amide bonds. The number of terminal acetylenes is 1. The first kappa shape index (κ1) is 12.2. The van der Waals surface area contributed by atoms with E-state index in [1.54, 1.807) is 12.3 Å². The van der Waals surface area contributed by atoms with E-state index in [1.165, 1.54) is 0 Å². The Morgan fingerprint density at radius 3 is 3.00 bits per heavy atom. The van der Waals surface area contributed by atoms with E-state index in [4.69, 9.17) is 6.42 Å². The molecule has 4 nitrogen and oxygen atoms in total. The third-order valence-corrected chi connectivity index (χ3v) is 2.73. The van der Waals surface area contributed by atoms with Crippen molar-refractivity contribution in [1.82, 2.24) is 15.1 Å². The quantitative estimate of drug-likeness (QED) is 0.835. The Bertz CT molecular complexity index is 619. The molecule has 1 N–H and O–H groups in total. The van der Waals surface area contributed by atoms with Crippen LogP contribution in [0, 0.1) is 12.3 Å². The summed E-state index contributed by atoms with van der Waals surface area (Å²) in [5, 5.41) is 7.83. The van der Waals surface area contributed by atoms with Gasteiger partial charge in [0.25, 0.3) is 5.91 Å². The Hall–Kier alpha value is -2.28.